The molecule has 0 radical (unpaired) electrons. The molecule has 1 atom stereocenters. The lowest BCUT2D eigenvalue weighted by Crippen LogP contribution is -2.47. The van der Waals surface area contributed by atoms with E-state index in [1.807, 2.05) is 13.1 Å². The second-order valence-electron chi connectivity index (χ2n) is 7.19. The Morgan fingerprint density at radius 1 is 1.13 bits per heavy atom. The molecule has 1 heterocycles. The fourth-order valence-corrected chi connectivity index (χ4v) is 3.69. The first-order valence-electron chi connectivity index (χ1n) is 10.9. The summed E-state index contributed by atoms with van der Waals surface area (Å²) in [5.74, 6) is 2.31. The maximum Gasteiger partial charge on any atom is 0.191 e. The predicted octanol–water partition coefficient (Wildman–Crippen LogP) is 1.58. The molecule has 1 unspecified atom stereocenters. The standard InChI is InChI=1S/C22H39N5O3/c1-6-26(7-2)11-10-24-22(23-3)25-17-19(27-12-14-30-15-13-27)18-8-9-20(28-4)21(16-18)29-5/h8-9,16,19H,6-7,10-15,17H2,1-5H3,(H2,23,24,25). The van der Waals surface area contributed by atoms with Gasteiger partial charge in [-0.15, -0.1) is 0 Å². The number of rotatable bonds is 11. The third kappa shape index (κ3) is 7.04. The van der Waals surface area contributed by atoms with Crippen LogP contribution in [0.15, 0.2) is 23.2 Å². The van der Waals surface area contributed by atoms with Crippen molar-refractivity contribution in [3.8, 4) is 11.5 Å². The van der Waals surface area contributed by atoms with E-state index in [4.69, 9.17) is 14.2 Å². The number of nitrogens with zero attached hydrogens (tertiary/aromatic N) is 3. The lowest BCUT2D eigenvalue weighted by molar-refractivity contribution is 0.0169. The number of hydrogen-bond acceptors (Lipinski definition) is 6. The van der Waals surface area contributed by atoms with Crippen LogP contribution >= 0.6 is 0 Å². The summed E-state index contributed by atoms with van der Waals surface area (Å²) < 4.78 is 16.5. The van der Waals surface area contributed by atoms with Crippen molar-refractivity contribution in [3.05, 3.63) is 23.8 Å². The predicted molar refractivity (Wildman–Crippen MR) is 122 cm³/mol. The molecule has 2 rings (SSSR count). The molecule has 1 saturated heterocycles. The zero-order valence-corrected chi connectivity index (χ0v) is 19.2. The highest BCUT2D eigenvalue weighted by atomic mass is 16.5. The lowest BCUT2D eigenvalue weighted by Gasteiger charge is -2.35. The van der Waals surface area contributed by atoms with Gasteiger partial charge in [-0.1, -0.05) is 19.9 Å². The summed E-state index contributed by atoms with van der Waals surface area (Å²) in [4.78, 5) is 9.23. The molecule has 8 nitrogen and oxygen atoms in total. The lowest BCUT2D eigenvalue weighted by atomic mass is 10.0. The average molecular weight is 422 g/mol. The van der Waals surface area contributed by atoms with Gasteiger partial charge in [-0.3, -0.25) is 9.89 Å². The number of benzene rings is 1. The molecule has 1 aromatic rings. The molecule has 30 heavy (non-hydrogen) atoms. The minimum absolute atomic E-state index is 0.176. The minimum atomic E-state index is 0.176. The number of ether oxygens (including phenoxy) is 3. The van der Waals surface area contributed by atoms with Gasteiger partial charge in [0, 0.05) is 39.8 Å². The Kier molecular flexibility index (Phi) is 10.8. The second kappa shape index (κ2) is 13.3. The molecule has 0 amide bonds. The Morgan fingerprint density at radius 3 is 2.43 bits per heavy atom. The Hall–Kier alpha value is -2.03. The Morgan fingerprint density at radius 2 is 1.83 bits per heavy atom. The summed E-state index contributed by atoms with van der Waals surface area (Å²) in [7, 11) is 5.14. The minimum Gasteiger partial charge on any atom is -0.493 e. The summed E-state index contributed by atoms with van der Waals surface area (Å²) >= 11 is 0. The van der Waals surface area contributed by atoms with Crippen molar-refractivity contribution in [2.45, 2.75) is 19.9 Å². The van der Waals surface area contributed by atoms with E-state index in [0.29, 0.717) is 0 Å². The summed E-state index contributed by atoms with van der Waals surface area (Å²) in [6, 6.07) is 6.32. The molecule has 1 aliphatic heterocycles. The monoisotopic (exact) mass is 421 g/mol. The number of nitrogens with one attached hydrogen (secondary N) is 2. The normalized spacial score (nSPS) is 16.4. The number of hydrogen-bond donors (Lipinski definition) is 2. The number of likely N-dealkylation sites (N-methyl/N-ethyl adjacent to an activating group) is 1. The van der Waals surface area contributed by atoms with E-state index in [1.165, 1.54) is 5.56 Å². The van der Waals surface area contributed by atoms with E-state index in [1.54, 1.807) is 14.2 Å². The molecule has 0 aliphatic carbocycles. The molecular formula is C22H39N5O3. The van der Waals surface area contributed by atoms with Gasteiger partial charge in [0.1, 0.15) is 0 Å². The van der Waals surface area contributed by atoms with Gasteiger partial charge in [0.25, 0.3) is 0 Å². The largest absolute Gasteiger partial charge is 0.493 e. The van der Waals surface area contributed by atoms with Crippen molar-refractivity contribution >= 4 is 5.96 Å². The van der Waals surface area contributed by atoms with Crippen LogP contribution in [0.4, 0.5) is 0 Å². The quantitative estimate of drug-likeness (QED) is 0.415. The highest BCUT2D eigenvalue weighted by Gasteiger charge is 2.24. The molecule has 0 bridgehead atoms. The van der Waals surface area contributed by atoms with Crippen LogP contribution in [0, 0.1) is 0 Å². The maximum absolute atomic E-state index is 5.56. The molecule has 170 valence electrons. The van der Waals surface area contributed by atoms with Crippen LogP contribution in [0.5, 0.6) is 11.5 Å². The molecule has 0 spiro atoms. The topological polar surface area (TPSA) is 70.6 Å². The SMILES string of the molecule is CCN(CC)CCNC(=NC)NCC(c1ccc(OC)c(OC)c1)N1CCOCC1. The van der Waals surface area contributed by atoms with Crippen LogP contribution < -0.4 is 20.1 Å². The van der Waals surface area contributed by atoms with E-state index < -0.39 is 0 Å². The first kappa shape index (κ1) is 24.2. The van der Waals surface area contributed by atoms with Gasteiger partial charge in [-0.2, -0.15) is 0 Å². The molecule has 8 heteroatoms. The number of guanidine groups is 1. The van der Waals surface area contributed by atoms with Crippen molar-refractivity contribution in [2.24, 2.45) is 4.99 Å². The Labute approximate surface area is 181 Å². The van der Waals surface area contributed by atoms with Crippen LogP contribution in [-0.2, 0) is 4.74 Å². The molecule has 2 N–H and O–H groups in total. The fourth-order valence-electron chi connectivity index (χ4n) is 3.69. The third-order valence-electron chi connectivity index (χ3n) is 5.58. The third-order valence-corrected chi connectivity index (χ3v) is 5.58. The smallest absolute Gasteiger partial charge is 0.191 e. The summed E-state index contributed by atoms with van der Waals surface area (Å²) in [6.45, 7) is 12.4. The molecular weight excluding hydrogens is 382 g/mol. The molecule has 1 fully saturated rings. The van der Waals surface area contributed by atoms with E-state index in [0.717, 1.165) is 76.5 Å². The van der Waals surface area contributed by atoms with E-state index in [-0.39, 0.29) is 6.04 Å². The Bertz CT molecular complexity index is 646. The average Bonchev–Trinajstić information content (AvgIpc) is 2.81. The van der Waals surface area contributed by atoms with Crippen molar-refractivity contribution < 1.29 is 14.2 Å². The molecule has 1 aromatic carbocycles. The van der Waals surface area contributed by atoms with Crippen molar-refractivity contribution in [3.63, 3.8) is 0 Å². The Balaban J connectivity index is 2.06. The summed E-state index contributed by atoms with van der Waals surface area (Å²) in [5, 5.41) is 6.94. The maximum atomic E-state index is 5.56. The zero-order chi connectivity index (χ0) is 21.8. The van der Waals surface area contributed by atoms with E-state index in [9.17, 15) is 0 Å². The number of morpholine rings is 1. The van der Waals surface area contributed by atoms with Crippen molar-refractivity contribution in [1.82, 2.24) is 20.4 Å². The van der Waals surface area contributed by atoms with Crippen LogP contribution in [0.3, 0.4) is 0 Å². The fraction of sp³-hybridized carbons (Fsp3) is 0.682. The van der Waals surface area contributed by atoms with Gasteiger partial charge in [0.15, 0.2) is 17.5 Å². The second-order valence-corrected chi connectivity index (χ2v) is 7.19. The number of methoxy groups -OCH3 is 2. The van der Waals surface area contributed by atoms with Crippen LogP contribution in [-0.4, -0.2) is 96.1 Å². The van der Waals surface area contributed by atoms with Crippen molar-refractivity contribution in [1.29, 1.82) is 0 Å². The van der Waals surface area contributed by atoms with Crippen LogP contribution in [0.2, 0.25) is 0 Å². The van der Waals surface area contributed by atoms with E-state index in [2.05, 4.69) is 51.4 Å². The van der Waals surface area contributed by atoms with Crippen LogP contribution in [0.1, 0.15) is 25.5 Å². The van der Waals surface area contributed by atoms with Gasteiger partial charge in [-0.25, -0.2) is 0 Å². The highest BCUT2D eigenvalue weighted by molar-refractivity contribution is 5.79. The van der Waals surface area contributed by atoms with E-state index >= 15 is 0 Å². The first-order valence-corrected chi connectivity index (χ1v) is 10.9. The van der Waals surface area contributed by atoms with Gasteiger partial charge in [-0.05, 0) is 30.8 Å². The molecule has 0 aromatic heterocycles. The first-order chi connectivity index (χ1) is 14.7. The summed E-state index contributed by atoms with van der Waals surface area (Å²) in [6.07, 6.45) is 0. The van der Waals surface area contributed by atoms with Crippen LogP contribution in [0.25, 0.3) is 0 Å². The van der Waals surface area contributed by atoms with Gasteiger partial charge >= 0.3 is 0 Å². The highest BCUT2D eigenvalue weighted by Crippen LogP contribution is 2.32. The summed E-state index contributed by atoms with van der Waals surface area (Å²) in [5.41, 5.74) is 1.18. The van der Waals surface area contributed by atoms with Gasteiger partial charge in [0.2, 0.25) is 0 Å². The zero-order valence-electron chi connectivity index (χ0n) is 19.2. The van der Waals surface area contributed by atoms with Crippen molar-refractivity contribution in [2.75, 3.05) is 80.3 Å². The molecule has 0 saturated carbocycles. The number of aliphatic imine (C=N–C) groups is 1. The van der Waals surface area contributed by atoms with Gasteiger partial charge < -0.3 is 29.7 Å². The molecule has 1 aliphatic rings. The van der Waals surface area contributed by atoms with Gasteiger partial charge in [0.05, 0.1) is 33.5 Å².